The number of hydrogen-bond donors (Lipinski definition) is 1. The van der Waals surface area contributed by atoms with Crippen LogP contribution in [0.1, 0.15) is 27.7 Å². The number of hydrogen-bond acceptors (Lipinski definition) is 6. The number of nitro groups is 1. The smallest absolute Gasteiger partial charge is 0.407 e. The summed E-state index contributed by atoms with van der Waals surface area (Å²) < 4.78 is 5.25. The Morgan fingerprint density at radius 3 is 2.31 bits per heavy atom. The number of ether oxygens (including phenoxy) is 1. The molecule has 2 rings (SSSR count). The van der Waals surface area contributed by atoms with Gasteiger partial charge in [-0.25, -0.2) is 4.79 Å². The number of anilines is 1. The van der Waals surface area contributed by atoms with Crippen LogP contribution >= 0.6 is 0 Å². The fraction of sp³-hybridized carbons (Fsp3) is 0.611. The van der Waals surface area contributed by atoms with Crippen LogP contribution in [0.4, 0.5) is 16.2 Å². The number of carbonyl (C=O) groups is 1. The topological polar surface area (TPSA) is 88.0 Å². The second-order valence-corrected chi connectivity index (χ2v) is 7.53. The first-order valence-electron chi connectivity index (χ1n) is 8.86. The predicted octanol–water partition coefficient (Wildman–Crippen LogP) is 2.63. The highest BCUT2D eigenvalue weighted by Crippen LogP contribution is 2.21. The Balaban J connectivity index is 1.78. The standard InChI is InChI=1S/C18H28N4O4/c1-14(13-19-17(23)26-18(2,3)4)20-9-11-21(12-10-20)15-5-7-16(8-6-15)22(24)25/h5-8,14H,9-13H2,1-4H3,(H,19,23). The number of nitro benzene ring substituents is 1. The summed E-state index contributed by atoms with van der Waals surface area (Å²) in [5, 5.41) is 13.6. The number of non-ortho nitro benzene ring substituents is 1. The third kappa shape index (κ3) is 5.87. The maximum atomic E-state index is 11.8. The molecule has 1 saturated heterocycles. The molecule has 1 atom stereocenters. The monoisotopic (exact) mass is 364 g/mol. The van der Waals surface area contributed by atoms with E-state index in [0.29, 0.717) is 6.54 Å². The molecular formula is C18H28N4O4. The van der Waals surface area contributed by atoms with Crippen LogP contribution in [0.2, 0.25) is 0 Å². The number of benzene rings is 1. The molecule has 1 fully saturated rings. The summed E-state index contributed by atoms with van der Waals surface area (Å²) in [5.41, 5.74) is 0.605. The molecule has 8 nitrogen and oxygen atoms in total. The molecule has 0 spiro atoms. The van der Waals surface area contributed by atoms with Crippen LogP contribution in [0.5, 0.6) is 0 Å². The quantitative estimate of drug-likeness (QED) is 0.638. The molecular weight excluding hydrogens is 336 g/mol. The SMILES string of the molecule is CC(CNC(=O)OC(C)(C)C)N1CCN(c2ccc([N+](=O)[O-])cc2)CC1. The van der Waals surface area contributed by atoms with Gasteiger partial charge in [0, 0.05) is 56.6 Å². The van der Waals surface area contributed by atoms with E-state index in [-0.39, 0.29) is 16.7 Å². The van der Waals surface area contributed by atoms with Crippen molar-refractivity contribution < 1.29 is 14.5 Å². The van der Waals surface area contributed by atoms with E-state index in [9.17, 15) is 14.9 Å². The summed E-state index contributed by atoms with van der Waals surface area (Å²) >= 11 is 0. The molecule has 144 valence electrons. The van der Waals surface area contributed by atoms with Crippen LogP contribution < -0.4 is 10.2 Å². The van der Waals surface area contributed by atoms with Gasteiger partial charge in [-0.05, 0) is 39.8 Å². The number of nitrogens with one attached hydrogen (secondary N) is 1. The molecule has 1 aromatic carbocycles. The van der Waals surface area contributed by atoms with Gasteiger partial charge >= 0.3 is 6.09 Å². The van der Waals surface area contributed by atoms with Crippen molar-refractivity contribution in [3.05, 3.63) is 34.4 Å². The summed E-state index contributed by atoms with van der Waals surface area (Å²) in [5.74, 6) is 0. The molecule has 0 aliphatic carbocycles. The van der Waals surface area contributed by atoms with Gasteiger partial charge in [0.15, 0.2) is 0 Å². The van der Waals surface area contributed by atoms with E-state index in [1.807, 2.05) is 20.8 Å². The van der Waals surface area contributed by atoms with Crippen molar-refractivity contribution in [1.82, 2.24) is 10.2 Å². The lowest BCUT2D eigenvalue weighted by molar-refractivity contribution is -0.384. The Labute approximate surface area is 154 Å². The number of rotatable bonds is 5. The average Bonchev–Trinajstić information content (AvgIpc) is 2.58. The van der Waals surface area contributed by atoms with Crippen LogP contribution in [0.3, 0.4) is 0 Å². The Morgan fingerprint density at radius 1 is 1.23 bits per heavy atom. The van der Waals surface area contributed by atoms with Gasteiger partial charge in [-0.15, -0.1) is 0 Å². The first kappa shape index (κ1) is 20.0. The van der Waals surface area contributed by atoms with E-state index in [4.69, 9.17) is 4.74 Å². The Hall–Kier alpha value is -2.35. The Bertz CT molecular complexity index is 619. The minimum Gasteiger partial charge on any atom is -0.444 e. The zero-order valence-electron chi connectivity index (χ0n) is 15.9. The molecule has 1 amide bonds. The van der Waals surface area contributed by atoms with Crippen molar-refractivity contribution in [2.75, 3.05) is 37.6 Å². The third-order valence-corrected chi connectivity index (χ3v) is 4.30. The van der Waals surface area contributed by atoms with Crippen molar-refractivity contribution in [2.24, 2.45) is 0 Å². The van der Waals surface area contributed by atoms with E-state index in [1.54, 1.807) is 12.1 Å². The van der Waals surface area contributed by atoms with Crippen LogP contribution in [0, 0.1) is 10.1 Å². The third-order valence-electron chi connectivity index (χ3n) is 4.30. The van der Waals surface area contributed by atoms with Gasteiger partial charge in [-0.3, -0.25) is 15.0 Å². The number of nitrogens with zero attached hydrogens (tertiary/aromatic N) is 3. The van der Waals surface area contributed by atoms with Gasteiger partial charge in [-0.1, -0.05) is 0 Å². The molecule has 0 radical (unpaired) electrons. The van der Waals surface area contributed by atoms with Gasteiger partial charge in [-0.2, -0.15) is 0 Å². The van der Waals surface area contributed by atoms with Gasteiger partial charge in [0.05, 0.1) is 4.92 Å². The van der Waals surface area contributed by atoms with E-state index >= 15 is 0 Å². The number of piperazine rings is 1. The predicted molar refractivity (Wildman–Crippen MR) is 101 cm³/mol. The van der Waals surface area contributed by atoms with E-state index in [1.165, 1.54) is 12.1 Å². The van der Waals surface area contributed by atoms with Crippen molar-refractivity contribution in [3.63, 3.8) is 0 Å². The molecule has 1 aliphatic heterocycles. The van der Waals surface area contributed by atoms with Gasteiger partial charge in [0.25, 0.3) is 5.69 Å². The molecule has 1 aliphatic rings. The van der Waals surface area contributed by atoms with Crippen molar-refractivity contribution in [3.8, 4) is 0 Å². The van der Waals surface area contributed by atoms with Crippen LogP contribution in [-0.2, 0) is 4.74 Å². The zero-order valence-corrected chi connectivity index (χ0v) is 15.9. The Kier molecular flexibility index (Phi) is 6.42. The van der Waals surface area contributed by atoms with Crippen LogP contribution in [0.25, 0.3) is 0 Å². The van der Waals surface area contributed by atoms with Crippen molar-refractivity contribution in [2.45, 2.75) is 39.3 Å². The molecule has 0 aromatic heterocycles. The molecule has 26 heavy (non-hydrogen) atoms. The van der Waals surface area contributed by atoms with E-state index in [2.05, 4.69) is 22.0 Å². The second-order valence-electron chi connectivity index (χ2n) is 7.53. The Morgan fingerprint density at radius 2 is 1.81 bits per heavy atom. The lowest BCUT2D eigenvalue weighted by atomic mass is 10.2. The average molecular weight is 364 g/mol. The lowest BCUT2D eigenvalue weighted by Gasteiger charge is -2.39. The molecule has 0 bridgehead atoms. The maximum Gasteiger partial charge on any atom is 0.407 e. The van der Waals surface area contributed by atoms with Gasteiger partial charge in [0.2, 0.25) is 0 Å². The molecule has 1 N–H and O–H groups in total. The maximum absolute atomic E-state index is 11.8. The van der Waals surface area contributed by atoms with Crippen molar-refractivity contribution >= 4 is 17.5 Å². The van der Waals surface area contributed by atoms with Crippen LogP contribution in [0.15, 0.2) is 24.3 Å². The van der Waals surface area contributed by atoms with E-state index in [0.717, 1.165) is 31.9 Å². The first-order valence-corrected chi connectivity index (χ1v) is 8.86. The highest BCUT2D eigenvalue weighted by molar-refractivity contribution is 5.67. The number of carbonyl (C=O) groups excluding carboxylic acids is 1. The molecule has 8 heteroatoms. The summed E-state index contributed by atoms with van der Waals surface area (Å²) in [7, 11) is 0. The zero-order chi connectivity index (χ0) is 19.3. The van der Waals surface area contributed by atoms with E-state index < -0.39 is 11.7 Å². The first-order chi connectivity index (χ1) is 12.2. The minimum atomic E-state index is -0.496. The molecule has 0 saturated carbocycles. The van der Waals surface area contributed by atoms with Crippen molar-refractivity contribution in [1.29, 1.82) is 0 Å². The molecule has 1 unspecified atom stereocenters. The summed E-state index contributed by atoms with van der Waals surface area (Å²) in [6.45, 7) is 11.6. The number of alkyl carbamates (subject to hydrolysis) is 1. The van der Waals surface area contributed by atoms with Gasteiger partial charge < -0.3 is 15.0 Å². The fourth-order valence-corrected chi connectivity index (χ4v) is 2.88. The number of amides is 1. The fourth-order valence-electron chi connectivity index (χ4n) is 2.88. The largest absolute Gasteiger partial charge is 0.444 e. The normalized spacial score (nSPS) is 16.8. The summed E-state index contributed by atoms with van der Waals surface area (Å²) in [6.07, 6.45) is -0.395. The molecule has 1 heterocycles. The summed E-state index contributed by atoms with van der Waals surface area (Å²) in [4.78, 5) is 26.6. The summed E-state index contributed by atoms with van der Waals surface area (Å²) in [6, 6.07) is 6.87. The lowest BCUT2D eigenvalue weighted by Crippen LogP contribution is -2.52. The van der Waals surface area contributed by atoms with Gasteiger partial charge in [0.1, 0.15) is 5.60 Å². The highest BCUT2D eigenvalue weighted by atomic mass is 16.6. The second kappa shape index (κ2) is 8.35. The van der Waals surface area contributed by atoms with Crippen LogP contribution in [-0.4, -0.2) is 60.3 Å². The molecule has 1 aromatic rings. The highest BCUT2D eigenvalue weighted by Gasteiger charge is 2.23. The minimum absolute atomic E-state index is 0.106.